The Morgan fingerprint density at radius 1 is 1.36 bits per heavy atom. The Hall–Kier alpha value is -1.70. The first-order chi connectivity index (χ1) is 11.8. The minimum absolute atomic E-state index is 0.00977. The lowest BCUT2D eigenvalue weighted by Crippen LogP contribution is -2.55. The summed E-state index contributed by atoms with van der Waals surface area (Å²) in [6.07, 6.45) is 3.46. The molecule has 25 heavy (non-hydrogen) atoms. The van der Waals surface area contributed by atoms with Crippen LogP contribution in [0.15, 0.2) is 15.2 Å². The number of rotatable bonds is 2. The van der Waals surface area contributed by atoms with E-state index < -0.39 is 15.4 Å². The van der Waals surface area contributed by atoms with Crippen molar-refractivity contribution in [3.05, 3.63) is 27.9 Å². The van der Waals surface area contributed by atoms with E-state index in [2.05, 4.69) is 9.35 Å². The van der Waals surface area contributed by atoms with E-state index in [1.54, 1.807) is 20.0 Å². The highest BCUT2D eigenvalue weighted by molar-refractivity contribution is 7.93. The van der Waals surface area contributed by atoms with Gasteiger partial charge in [0.15, 0.2) is 0 Å². The number of aryl methyl sites for hydroxylation is 2. The molecule has 0 saturated carbocycles. The molecule has 0 aromatic carbocycles. The summed E-state index contributed by atoms with van der Waals surface area (Å²) in [6.45, 7) is 4.23. The van der Waals surface area contributed by atoms with Crippen molar-refractivity contribution < 1.29 is 9.00 Å². The minimum atomic E-state index is -2.23. The molecule has 1 amide bonds. The SMILES string of the molecule is CN=S1(=O)CCCC2(CCCN2C(=O)Cn2c(C)cc(C)nc2=O)C1. The van der Waals surface area contributed by atoms with Crippen molar-refractivity contribution in [3.8, 4) is 0 Å². The lowest BCUT2D eigenvalue weighted by molar-refractivity contribution is -0.135. The number of aromatic nitrogens is 2. The maximum absolute atomic E-state index is 13.0. The van der Waals surface area contributed by atoms with Crippen molar-refractivity contribution in [3.63, 3.8) is 0 Å². The maximum atomic E-state index is 13.0. The molecule has 0 aliphatic carbocycles. The second-order valence-electron chi connectivity index (χ2n) is 7.19. The third-order valence-corrected chi connectivity index (χ3v) is 8.05. The molecule has 2 aliphatic heterocycles. The first-order valence-electron chi connectivity index (χ1n) is 8.75. The molecule has 0 radical (unpaired) electrons. The van der Waals surface area contributed by atoms with Crippen LogP contribution in [0.2, 0.25) is 0 Å². The molecule has 2 aliphatic rings. The Morgan fingerprint density at radius 2 is 2.08 bits per heavy atom. The molecule has 1 spiro atoms. The van der Waals surface area contributed by atoms with Crippen molar-refractivity contribution in [2.24, 2.45) is 4.36 Å². The van der Waals surface area contributed by atoms with E-state index in [4.69, 9.17) is 0 Å². The zero-order valence-electron chi connectivity index (χ0n) is 15.2. The van der Waals surface area contributed by atoms with Crippen molar-refractivity contribution in [1.29, 1.82) is 0 Å². The van der Waals surface area contributed by atoms with Gasteiger partial charge in [0, 0.05) is 40.5 Å². The maximum Gasteiger partial charge on any atom is 0.348 e. The van der Waals surface area contributed by atoms with Crippen LogP contribution in [-0.2, 0) is 21.1 Å². The molecule has 2 saturated heterocycles. The van der Waals surface area contributed by atoms with E-state index in [-0.39, 0.29) is 18.0 Å². The van der Waals surface area contributed by atoms with Gasteiger partial charge in [0.05, 0.1) is 11.3 Å². The summed E-state index contributed by atoms with van der Waals surface area (Å²) in [4.78, 5) is 30.9. The molecule has 0 bridgehead atoms. The molecule has 2 fully saturated rings. The Labute approximate surface area is 148 Å². The van der Waals surface area contributed by atoms with Gasteiger partial charge < -0.3 is 4.90 Å². The number of hydrogen-bond donors (Lipinski definition) is 0. The van der Waals surface area contributed by atoms with E-state index in [0.29, 0.717) is 23.7 Å². The van der Waals surface area contributed by atoms with E-state index in [1.807, 2.05) is 11.8 Å². The minimum Gasteiger partial charge on any atom is -0.335 e. The number of hydrogen-bond acceptors (Lipinski definition) is 5. The number of carbonyl (C=O) groups is 1. The van der Waals surface area contributed by atoms with Crippen molar-refractivity contribution in [1.82, 2.24) is 14.5 Å². The van der Waals surface area contributed by atoms with Gasteiger partial charge in [0.2, 0.25) is 5.91 Å². The molecular formula is C17H26N4O3S. The molecule has 1 aromatic rings. The largest absolute Gasteiger partial charge is 0.348 e. The Morgan fingerprint density at radius 3 is 2.76 bits per heavy atom. The fourth-order valence-corrected chi connectivity index (χ4v) is 6.61. The molecule has 7 nitrogen and oxygen atoms in total. The van der Waals surface area contributed by atoms with Crippen molar-refractivity contribution >= 4 is 15.6 Å². The quantitative estimate of drug-likeness (QED) is 0.785. The fraction of sp³-hybridized carbons (Fsp3) is 0.706. The van der Waals surface area contributed by atoms with E-state index in [1.165, 1.54) is 4.57 Å². The lowest BCUT2D eigenvalue weighted by atomic mass is 9.92. The molecule has 2 unspecified atom stereocenters. The van der Waals surface area contributed by atoms with Gasteiger partial charge in [-0.3, -0.25) is 9.36 Å². The van der Waals surface area contributed by atoms with Crippen LogP contribution in [0.4, 0.5) is 0 Å². The predicted molar refractivity (Wildman–Crippen MR) is 97.1 cm³/mol. The highest BCUT2D eigenvalue weighted by atomic mass is 32.2. The average Bonchev–Trinajstić information content (AvgIpc) is 2.93. The third-order valence-electron chi connectivity index (χ3n) is 5.47. The molecule has 3 rings (SSSR count). The second-order valence-corrected chi connectivity index (χ2v) is 9.80. The predicted octanol–water partition coefficient (Wildman–Crippen LogP) is 1.11. The normalized spacial score (nSPS) is 29.2. The van der Waals surface area contributed by atoms with Crippen LogP contribution in [0.3, 0.4) is 0 Å². The molecule has 1 aromatic heterocycles. The summed E-state index contributed by atoms with van der Waals surface area (Å²) in [5.41, 5.74) is 0.632. The highest BCUT2D eigenvalue weighted by Gasteiger charge is 2.47. The van der Waals surface area contributed by atoms with Gasteiger partial charge in [-0.15, -0.1) is 0 Å². The van der Waals surface area contributed by atoms with Crippen LogP contribution < -0.4 is 5.69 Å². The summed E-state index contributed by atoms with van der Waals surface area (Å²) in [6, 6.07) is 1.80. The summed E-state index contributed by atoms with van der Waals surface area (Å²) < 4.78 is 18.4. The van der Waals surface area contributed by atoms with Crippen LogP contribution in [0, 0.1) is 13.8 Å². The number of likely N-dealkylation sites (tertiary alicyclic amines) is 1. The van der Waals surface area contributed by atoms with E-state index in [9.17, 15) is 13.8 Å². The van der Waals surface area contributed by atoms with Crippen LogP contribution in [0.25, 0.3) is 0 Å². The molecule has 8 heteroatoms. The standard InChI is InChI=1S/C17H26N4O3S/c1-13-10-14(2)20(16(23)19-13)11-15(22)21-8-4-6-17(21)7-5-9-25(24,12-17)18-3/h10H,4-9,11-12H2,1-3H3. The van der Waals surface area contributed by atoms with Crippen LogP contribution in [0.1, 0.15) is 37.1 Å². The summed E-state index contributed by atoms with van der Waals surface area (Å²) >= 11 is 0. The first kappa shape index (κ1) is 18.1. The van der Waals surface area contributed by atoms with Gasteiger partial charge in [-0.05, 0) is 45.6 Å². The van der Waals surface area contributed by atoms with E-state index >= 15 is 0 Å². The molecule has 2 atom stereocenters. The van der Waals surface area contributed by atoms with Gasteiger partial charge in [-0.2, -0.15) is 4.98 Å². The zero-order chi connectivity index (χ0) is 18.2. The van der Waals surface area contributed by atoms with Gasteiger partial charge >= 0.3 is 5.69 Å². The smallest absolute Gasteiger partial charge is 0.335 e. The third kappa shape index (κ3) is 3.36. The van der Waals surface area contributed by atoms with Gasteiger partial charge in [-0.1, -0.05) is 0 Å². The number of carbonyl (C=O) groups excluding carboxylic acids is 1. The van der Waals surface area contributed by atoms with Crippen LogP contribution in [-0.4, -0.2) is 55.2 Å². The monoisotopic (exact) mass is 366 g/mol. The van der Waals surface area contributed by atoms with Gasteiger partial charge in [0.25, 0.3) is 0 Å². The molecule has 3 heterocycles. The van der Waals surface area contributed by atoms with Gasteiger partial charge in [0.1, 0.15) is 6.54 Å². The summed E-state index contributed by atoms with van der Waals surface area (Å²) in [7, 11) is -0.616. The fourth-order valence-electron chi connectivity index (χ4n) is 4.27. The zero-order valence-corrected chi connectivity index (χ0v) is 16.0. The Bertz CT molecular complexity index is 869. The molecular weight excluding hydrogens is 340 g/mol. The van der Waals surface area contributed by atoms with Gasteiger partial charge in [-0.25, -0.2) is 13.4 Å². The van der Waals surface area contributed by atoms with Crippen molar-refractivity contribution in [2.75, 3.05) is 25.1 Å². The summed E-state index contributed by atoms with van der Waals surface area (Å²) in [5, 5.41) is 0. The first-order valence-corrected chi connectivity index (χ1v) is 10.6. The second kappa shape index (κ2) is 6.55. The van der Waals surface area contributed by atoms with E-state index in [0.717, 1.165) is 31.4 Å². The van der Waals surface area contributed by atoms with Crippen molar-refractivity contribution in [2.45, 2.75) is 51.6 Å². The topological polar surface area (TPSA) is 84.6 Å². The molecule has 138 valence electrons. The average molecular weight is 366 g/mol. The number of nitrogens with zero attached hydrogens (tertiary/aromatic N) is 4. The lowest BCUT2D eigenvalue weighted by Gasteiger charge is -2.42. The summed E-state index contributed by atoms with van der Waals surface area (Å²) in [5.74, 6) is 0.990. The van der Waals surface area contributed by atoms with Crippen LogP contribution >= 0.6 is 0 Å². The Balaban J connectivity index is 1.87. The van der Waals surface area contributed by atoms with Crippen LogP contribution in [0.5, 0.6) is 0 Å². The number of amides is 1. The highest BCUT2D eigenvalue weighted by Crippen LogP contribution is 2.38. The molecule has 0 N–H and O–H groups in total. The Kier molecular flexibility index (Phi) is 4.74.